The van der Waals surface area contributed by atoms with E-state index in [0.29, 0.717) is 29.8 Å². The summed E-state index contributed by atoms with van der Waals surface area (Å²) in [4.78, 5) is 42.9. The van der Waals surface area contributed by atoms with Crippen molar-refractivity contribution in [1.82, 2.24) is 14.9 Å². The highest BCUT2D eigenvalue weighted by molar-refractivity contribution is 6.01. The van der Waals surface area contributed by atoms with Crippen molar-refractivity contribution >= 4 is 28.6 Å². The molecule has 1 amide bonds. The van der Waals surface area contributed by atoms with Gasteiger partial charge in [0.25, 0.3) is 11.5 Å². The largest absolute Gasteiger partial charge is 0.480 e. The Morgan fingerprint density at radius 2 is 1.94 bits per heavy atom. The zero-order chi connectivity index (χ0) is 22.8. The third-order valence-corrected chi connectivity index (χ3v) is 5.66. The van der Waals surface area contributed by atoms with Crippen LogP contribution in [0, 0.1) is 6.92 Å². The Balaban J connectivity index is 1.78. The summed E-state index contributed by atoms with van der Waals surface area (Å²) in [6.45, 7) is 4.16. The van der Waals surface area contributed by atoms with Crippen molar-refractivity contribution in [2.45, 2.75) is 6.92 Å². The Bertz CT molecular complexity index is 1260. The molecule has 2 aromatic heterocycles. The molecule has 2 N–H and O–H groups in total. The lowest BCUT2D eigenvalue weighted by atomic mass is 10.0. The number of carboxylic acid groups (broad SMARTS) is 1. The van der Waals surface area contributed by atoms with E-state index in [2.05, 4.69) is 27.3 Å². The summed E-state index contributed by atoms with van der Waals surface area (Å²) < 4.78 is 6.75. The topological polar surface area (TPSA) is 114 Å². The summed E-state index contributed by atoms with van der Waals surface area (Å²) in [6, 6.07) is 10.0. The summed E-state index contributed by atoms with van der Waals surface area (Å²) in [5.74, 6) is -1.90. The number of carboxylic acids is 1. The van der Waals surface area contributed by atoms with Crippen LogP contribution in [0.3, 0.4) is 0 Å². The number of aliphatic carboxylic acids is 1. The number of rotatable bonds is 5. The Labute approximate surface area is 184 Å². The van der Waals surface area contributed by atoms with E-state index in [1.54, 1.807) is 20.2 Å². The maximum absolute atomic E-state index is 12.8. The van der Waals surface area contributed by atoms with Crippen molar-refractivity contribution < 1.29 is 19.4 Å². The predicted molar refractivity (Wildman–Crippen MR) is 120 cm³/mol. The molecule has 9 heteroatoms. The summed E-state index contributed by atoms with van der Waals surface area (Å²) in [7, 11) is 1.55. The number of morpholine rings is 1. The molecule has 0 saturated carbocycles. The normalized spacial score (nSPS) is 13.9. The molecule has 1 saturated heterocycles. The van der Waals surface area contributed by atoms with Gasteiger partial charge in [0, 0.05) is 43.0 Å². The molecule has 1 aliphatic rings. The second kappa shape index (κ2) is 8.80. The first-order chi connectivity index (χ1) is 15.4. The first-order valence-corrected chi connectivity index (χ1v) is 10.3. The van der Waals surface area contributed by atoms with Gasteiger partial charge in [0.15, 0.2) is 0 Å². The Morgan fingerprint density at radius 1 is 1.19 bits per heavy atom. The molecule has 0 aliphatic carbocycles. The van der Waals surface area contributed by atoms with Gasteiger partial charge in [-0.2, -0.15) is 0 Å². The number of hydrogen-bond acceptors (Lipinski definition) is 6. The van der Waals surface area contributed by atoms with Crippen molar-refractivity contribution in [2.24, 2.45) is 7.05 Å². The van der Waals surface area contributed by atoms with E-state index < -0.39 is 24.0 Å². The van der Waals surface area contributed by atoms with Gasteiger partial charge in [-0.3, -0.25) is 19.0 Å². The summed E-state index contributed by atoms with van der Waals surface area (Å²) in [6.07, 6.45) is 1.71. The number of amides is 1. The number of nitrogens with zero attached hydrogens (tertiary/aromatic N) is 3. The molecule has 1 fully saturated rings. The molecule has 0 radical (unpaired) electrons. The number of ether oxygens (including phenoxy) is 1. The van der Waals surface area contributed by atoms with Crippen LogP contribution in [0.4, 0.5) is 5.69 Å². The molecule has 1 aromatic carbocycles. The molecule has 32 heavy (non-hydrogen) atoms. The first-order valence-electron chi connectivity index (χ1n) is 10.3. The van der Waals surface area contributed by atoms with Gasteiger partial charge in [0.2, 0.25) is 0 Å². The fourth-order valence-corrected chi connectivity index (χ4v) is 3.93. The third-order valence-electron chi connectivity index (χ3n) is 5.66. The van der Waals surface area contributed by atoms with E-state index in [1.165, 1.54) is 4.57 Å². The van der Waals surface area contributed by atoms with E-state index in [1.807, 2.05) is 18.2 Å². The molecular formula is C23H24N4O5. The van der Waals surface area contributed by atoms with Gasteiger partial charge in [-0.15, -0.1) is 0 Å². The Morgan fingerprint density at radius 3 is 2.66 bits per heavy atom. The highest BCUT2D eigenvalue weighted by Crippen LogP contribution is 2.28. The quantitative estimate of drug-likeness (QED) is 0.624. The number of carbonyl (C=O) groups is 2. The van der Waals surface area contributed by atoms with Crippen molar-refractivity contribution in [3.05, 3.63) is 58.0 Å². The molecule has 0 atom stereocenters. The SMILES string of the molecule is Cc1c(C(=O)NCC(=O)O)c(=O)n(C)c2ncc(-c3cccc(N4CCOCC4)c3)cc12. The van der Waals surface area contributed by atoms with Crippen LogP contribution in [0.2, 0.25) is 0 Å². The molecule has 0 bridgehead atoms. The molecule has 0 spiro atoms. The van der Waals surface area contributed by atoms with Crippen LogP contribution < -0.4 is 15.8 Å². The van der Waals surface area contributed by atoms with E-state index in [9.17, 15) is 14.4 Å². The fraction of sp³-hybridized carbons (Fsp3) is 0.304. The number of pyridine rings is 2. The number of aryl methyl sites for hydroxylation is 2. The minimum absolute atomic E-state index is 0.0812. The average molecular weight is 436 g/mol. The molecule has 4 rings (SSSR count). The second-order valence-corrected chi connectivity index (χ2v) is 7.69. The first kappa shape index (κ1) is 21.5. The smallest absolute Gasteiger partial charge is 0.322 e. The number of carbonyl (C=O) groups excluding carboxylic acids is 1. The van der Waals surface area contributed by atoms with E-state index in [-0.39, 0.29) is 5.56 Å². The molecule has 9 nitrogen and oxygen atoms in total. The third kappa shape index (κ3) is 4.06. The summed E-state index contributed by atoms with van der Waals surface area (Å²) >= 11 is 0. The van der Waals surface area contributed by atoms with Crippen LogP contribution in [-0.2, 0) is 16.6 Å². The second-order valence-electron chi connectivity index (χ2n) is 7.69. The van der Waals surface area contributed by atoms with Crippen molar-refractivity contribution in [2.75, 3.05) is 37.7 Å². The average Bonchev–Trinajstić information content (AvgIpc) is 2.81. The zero-order valence-electron chi connectivity index (χ0n) is 17.9. The van der Waals surface area contributed by atoms with Gasteiger partial charge in [-0.25, -0.2) is 4.98 Å². The van der Waals surface area contributed by atoms with Gasteiger partial charge in [-0.05, 0) is 36.2 Å². The lowest BCUT2D eigenvalue weighted by Gasteiger charge is -2.29. The number of fused-ring (bicyclic) bond motifs is 1. The number of aromatic nitrogens is 2. The van der Waals surface area contributed by atoms with Crippen molar-refractivity contribution in [3.63, 3.8) is 0 Å². The summed E-state index contributed by atoms with van der Waals surface area (Å²) in [5, 5.41) is 11.8. The highest BCUT2D eigenvalue weighted by atomic mass is 16.5. The van der Waals surface area contributed by atoms with Gasteiger partial charge < -0.3 is 20.1 Å². The minimum Gasteiger partial charge on any atom is -0.480 e. The molecule has 166 valence electrons. The molecule has 1 aliphatic heterocycles. The number of anilines is 1. The predicted octanol–water partition coefficient (Wildman–Crippen LogP) is 1.56. The lowest BCUT2D eigenvalue weighted by Crippen LogP contribution is -2.36. The molecule has 3 heterocycles. The standard InChI is InChI=1S/C23H24N4O5/c1-14-18-11-16(15-4-3-5-17(10-15)27-6-8-32-9-7-27)12-24-21(18)26(2)23(31)20(14)22(30)25-13-19(28)29/h3-5,10-12H,6-9,13H2,1-2H3,(H,25,30)(H,28,29). The van der Waals surface area contributed by atoms with Crippen LogP contribution in [0.15, 0.2) is 41.3 Å². The van der Waals surface area contributed by atoms with E-state index >= 15 is 0 Å². The van der Waals surface area contributed by atoms with Crippen LogP contribution in [0.25, 0.3) is 22.2 Å². The highest BCUT2D eigenvalue weighted by Gasteiger charge is 2.20. The number of hydrogen-bond donors (Lipinski definition) is 2. The Kier molecular flexibility index (Phi) is 5.91. The maximum Gasteiger partial charge on any atom is 0.322 e. The van der Waals surface area contributed by atoms with Gasteiger partial charge >= 0.3 is 5.97 Å². The molecular weight excluding hydrogens is 412 g/mol. The van der Waals surface area contributed by atoms with Crippen LogP contribution in [-0.4, -0.2) is 59.4 Å². The molecule has 3 aromatic rings. The monoisotopic (exact) mass is 436 g/mol. The van der Waals surface area contributed by atoms with Crippen molar-refractivity contribution in [1.29, 1.82) is 0 Å². The lowest BCUT2D eigenvalue weighted by molar-refractivity contribution is -0.135. The Hall–Kier alpha value is -3.72. The van der Waals surface area contributed by atoms with Gasteiger partial charge in [-0.1, -0.05) is 12.1 Å². The number of nitrogens with one attached hydrogen (secondary N) is 1. The maximum atomic E-state index is 12.8. The van der Waals surface area contributed by atoms with Crippen molar-refractivity contribution in [3.8, 4) is 11.1 Å². The molecule has 0 unspecified atom stereocenters. The van der Waals surface area contributed by atoms with E-state index in [4.69, 9.17) is 9.84 Å². The zero-order valence-corrected chi connectivity index (χ0v) is 17.9. The van der Waals surface area contributed by atoms with Crippen LogP contribution in [0.1, 0.15) is 15.9 Å². The fourth-order valence-electron chi connectivity index (χ4n) is 3.93. The minimum atomic E-state index is -1.18. The van der Waals surface area contributed by atoms with Gasteiger partial charge in [0.05, 0.1) is 13.2 Å². The van der Waals surface area contributed by atoms with E-state index in [0.717, 1.165) is 29.9 Å². The summed E-state index contributed by atoms with van der Waals surface area (Å²) in [5.41, 5.74) is 3.23. The number of benzene rings is 1. The van der Waals surface area contributed by atoms with Gasteiger partial charge in [0.1, 0.15) is 17.8 Å². The van der Waals surface area contributed by atoms with Crippen LogP contribution in [0.5, 0.6) is 0 Å². The van der Waals surface area contributed by atoms with Crippen LogP contribution >= 0.6 is 0 Å².